The van der Waals surface area contributed by atoms with E-state index in [1.165, 1.54) is 22.5 Å². The quantitative estimate of drug-likeness (QED) is 0.273. The van der Waals surface area contributed by atoms with Crippen molar-refractivity contribution in [3.05, 3.63) is 46.9 Å². The molecular weight excluding hydrogens is 390 g/mol. The molecule has 0 saturated carbocycles. The summed E-state index contributed by atoms with van der Waals surface area (Å²) in [6.07, 6.45) is 5.01. The molecule has 0 bridgehead atoms. The van der Waals surface area contributed by atoms with Crippen molar-refractivity contribution in [3.63, 3.8) is 0 Å². The largest absolute Gasteiger partial charge is 0.494 e. The number of para-hydroxylation sites is 1. The maximum atomic E-state index is 12.8. The zero-order valence-corrected chi connectivity index (χ0v) is 18.3. The number of rotatable bonds is 10. The number of carbonyl (C=O) groups is 1. The van der Waals surface area contributed by atoms with E-state index in [1.807, 2.05) is 36.6 Å². The fourth-order valence-electron chi connectivity index (χ4n) is 2.56. The van der Waals surface area contributed by atoms with Crippen LogP contribution in [-0.4, -0.2) is 40.5 Å². The first kappa shape index (κ1) is 22.8. The Bertz CT molecular complexity index is 847. The molecule has 0 aliphatic heterocycles. The summed E-state index contributed by atoms with van der Waals surface area (Å²) in [5.74, 6) is 0.384. The van der Waals surface area contributed by atoms with E-state index in [-0.39, 0.29) is 12.1 Å². The van der Waals surface area contributed by atoms with E-state index in [2.05, 4.69) is 10.3 Å². The number of aromatic nitrogens is 2. The summed E-state index contributed by atoms with van der Waals surface area (Å²) in [5.41, 5.74) is -0.517. The van der Waals surface area contributed by atoms with Gasteiger partial charge in [0.25, 0.3) is 5.56 Å². The molecule has 2 aromatic rings. The van der Waals surface area contributed by atoms with Gasteiger partial charge >= 0.3 is 5.97 Å². The van der Waals surface area contributed by atoms with Gasteiger partial charge < -0.3 is 14.8 Å². The summed E-state index contributed by atoms with van der Waals surface area (Å²) in [5, 5.41) is 3.59. The minimum atomic E-state index is -0.606. The molecule has 1 aromatic heterocycles. The van der Waals surface area contributed by atoms with Crippen molar-refractivity contribution in [1.29, 1.82) is 0 Å². The van der Waals surface area contributed by atoms with Crippen LogP contribution in [0.25, 0.3) is 0 Å². The number of thioether (sulfide) groups is 1. The number of hydrogen-bond donors (Lipinski definition) is 1. The van der Waals surface area contributed by atoms with E-state index in [0.717, 1.165) is 18.6 Å². The normalized spacial score (nSPS) is 11.2. The third-order valence-electron chi connectivity index (χ3n) is 3.80. The average molecular weight is 420 g/mol. The molecule has 1 aromatic carbocycles. The summed E-state index contributed by atoms with van der Waals surface area (Å²) < 4.78 is 12.3. The molecule has 0 radical (unpaired) electrons. The standard InChI is InChI=1S/C21H29N3O4S/c1-21(2,3)28-18(25)15-24-19(26)17(14-23-20(24)29-4)22-12-8-9-13-27-16-10-6-5-7-11-16/h5-7,10-11,14,22H,8-9,12-13,15H2,1-4H3. The average Bonchev–Trinajstić information content (AvgIpc) is 2.66. The fraction of sp³-hybridized carbons (Fsp3) is 0.476. The van der Waals surface area contributed by atoms with Crippen LogP contribution in [-0.2, 0) is 16.1 Å². The molecule has 158 valence electrons. The molecule has 2 rings (SSSR count). The molecule has 0 unspecified atom stereocenters. The van der Waals surface area contributed by atoms with Crippen molar-refractivity contribution >= 4 is 23.4 Å². The first-order valence-corrected chi connectivity index (χ1v) is 10.8. The number of nitrogens with zero attached hydrogens (tertiary/aromatic N) is 2. The lowest BCUT2D eigenvalue weighted by molar-refractivity contribution is -0.155. The van der Waals surface area contributed by atoms with Crippen molar-refractivity contribution in [2.45, 2.75) is 50.9 Å². The second kappa shape index (κ2) is 10.9. The highest BCUT2D eigenvalue weighted by atomic mass is 32.2. The molecule has 29 heavy (non-hydrogen) atoms. The van der Waals surface area contributed by atoms with E-state index in [1.54, 1.807) is 20.8 Å². The molecular formula is C21H29N3O4S. The van der Waals surface area contributed by atoms with Crippen LogP contribution in [0.2, 0.25) is 0 Å². The Kier molecular flexibility index (Phi) is 8.57. The molecule has 0 atom stereocenters. The van der Waals surface area contributed by atoms with Gasteiger partial charge in [0.2, 0.25) is 0 Å². The minimum absolute atomic E-state index is 0.167. The van der Waals surface area contributed by atoms with Crippen LogP contribution in [0.15, 0.2) is 46.5 Å². The predicted molar refractivity (Wildman–Crippen MR) is 116 cm³/mol. The van der Waals surface area contributed by atoms with E-state index < -0.39 is 11.6 Å². The van der Waals surface area contributed by atoms with Gasteiger partial charge in [-0.05, 0) is 52.0 Å². The molecule has 0 spiro atoms. The SMILES string of the molecule is CSc1ncc(NCCCCOc2ccccc2)c(=O)n1CC(=O)OC(C)(C)C. The van der Waals surface area contributed by atoms with E-state index in [0.29, 0.717) is 24.0 Å². The number of carbonyl (C=O) groups excluding carboxylic acids is 1. The maximum absolute atomic E-state index is 12.8. The van der Waals surface area contributed by atoms with Crippen LogP contribution in [0.5, 0.6) is 5.75 Å². The van der Waals surface area contributed by atoms with Crippen LogP contribution >= 0.6 is 11.8 Å². The first-order valence-electron chi connectivity index (χ1n) is 9.57. The van der Waals surface area contributed by atoms with Gasteiger partial charge in [0.15, 0.2) is 5.16 Å². The van der Waals surface area contributed by atoms with E-state index in [4.69, 9.17) is 9.47 Å². The van der Waals surface area contributed by atoms with E-state index in [9.17, 15) is 9.59 Å². The predicted octanol–water partition coefficient (Wildman–Crippen LogP) is 3.58. The van der Waals surface area contributed by atoms with Crippen LogP contribution in [0.4, 0.5) is 5.69 Å². The molecule has 8 heteroatoms. The Morgan fingerprint density at radius 2 is 1.93 bits per heavy atom. The van der Waals surface area contributed by atoms with Gasteiger partial charge in [0.05, 0.1) is 12.8 Å². The summed E-state index contributed by atoms with van der Waals surface area (Å²) in [6, 6.07) is 9.66. The van der Waals surface area contributed by atoms with Gasteiger partial charge in [-0.2, -0.15) is 0 Å². The smallest absolute Gasteiger partial charge is 0.326 e. The van der Waals surface area contributed by atoms with Crippen LogP contribution < -0.4 is 15.6 Å². The Labute approximate surface area is 175 Å². The van der Waals surface area contributed by atoms with Crippen LogP contribution in [0.1, 0.15) is 33.6 Å². The third-order valence-corrected chi connectivity index (χ3v) is 4.49. The van der Waals surface area contributed by atoms with Crippen molar-refractivity contribution in [2.75, 3.05) is 24.7 Å². The summed E-state index contributed by atoms with van der Waals surface area (Å²) in [6.45, 7) is 6.43. The second-order valence-electron chi connectivity index (χ2n) is 7.43. The Hall–Kier alpha value is -2.48. The topological polar surface area (TPSA) is 82.5 Å². The van der Waals surface area contributed by atoms with Crippen LogP contribution in [0, 0.1) is 0 Å². The van der Waals surface area contributed by atoms with Crippen LogP contribution in [0.3, 0.4) is 0 Å². The maximum Gasteiger partial charge on any atom is 0.326 e. The molecule has 7 nitrogen and oxygen atoms in total. The fourth-order valence-corrected chi connectivity index (χ4v) is 3.09. The van der Waals surface area contributed by atoms with Crippen molar-refractivity contribution in [1.82, 2.24) is 9.55 Å². The number of esters is 1. The van der Waals surface area contributed by atoms with Gasteiger partial charge in [-0.1, -0.05) is 30.0 Å². The molecule has 0 aliphatic carbocycles. The minimum Gasteiger partial charge on any atom is -0.494 e. The van der Waals surface area contributed by atoms with Gasteiger partial charge in [0, 0.05) is 6.54 Å². The van der Waals surface area contributed by atoms with E-state index >= 15 is 0 Å². The number of unbranched alkanes of at least 4 members (excludes halogenated alkanes) is 1. The lowest BCUT2D eigenvalue weighted by Gasteiger charge is -2.20. The number of ether oxygens (including phenoxy) is 2. The summed E-state index contributed by atoms with van der Waals surface area (Å²) in [4.78, 5) is 29.2. The Morgan fingerprint density at radius 1 is 1.21 bits per heavy atom. The third kappa shape index (κ3) is 7.81. The first-order chi connectivity index (χ1) is 13.8. The Morgan fingerprint density at radius 3 is 2.59 bits per heavy atom. The second-order valence-corrected chi connectivity index (χ2v) is 8.21. The molecule has 1 N–H and O–H groups in total. The highest BCUT2D eigenvalue weighted by molar-refractivity contribution is 7.98. The van der Waals surface area contributed by atoms with Gasteiger partial charge in [-0.15, -0.1) is 0 Å². The highest BCUT2D eigenvalue weighted by Crippen LogP contribution is 2.13. The lowest BCUT2D eigenvalue weighted by atomic mass is 10.2. The Balaban J connectivity index is 1.88. The van der Waals surface area contributed by atoms with Gasteiger partial charge in [-0.3, -0.25) is 14.2 Å². The number of nitrogens with one attached hydrogen (secondary N) is 1. The summed E-state index contributed by atoms with van der Waals surface area (Å²) >= 11 is 1.31. The molecule has 0 amide bonds. The molecule has 0 aliphatic rings. The number of hydrogen-bond acceptors (Lipinski definition) is 7. The van der Waals surface area contributed by atoms with Crippen molar-refractivity contribution in [2.24, 2.45) is 0 Å². The summed E-state index contributed by atoms with van der Waals surface area (Å²) in [7, 11) is 0. The van der Waals surface area contributed by atoms with Crippen molar-refractivity contribution < 1.29 is 14.3 Å². The van der Waals surface area contributed by atoms with Gasteiger partial charge in [-0.25, -0.2) is 4.98 Å². The number of benzene rings is 1. The lowest BCUT2D eigenvalue weighted by Crippen LogP contribution is -2.32. The zero-order valence-electron chi connectivity index (χ0n) is 17.4. The van der Waals surface area contributed by atoms with Gasteiger partial charge in [0.1, 0.15) is 23.6 Å². The molecule has 0 fully saturated rings. The van der Waals surface area contributed by atoms with Crippen molar-refractivity contribution in [3.8, 4) is 5.75 Å². The monoisotopic (exact) mass is 419 g/mol. The molecule has 0 saturated heterocycles. The molecule has 1 heterocycles. The number of anilines is 1. The zero-order chi connectivity index (χ0) is 21.3. The highest BCUT2D eigenvalue weighted by Gasteiger charge is 2.19.